The zero-order valence-electron chi connectivity index (χ0n) is 15.7. The topological polar surface area (TPSA) is 85.1 Å². The SMILES string of the molecule is O=C(Cc1csc(-c2cccnc2)n1)NCCc1nnc2c(C(F)(F)F)cc(Cl)cn12. The molecule has 0 fully saturated rings. The van der Waals surface area contributed by atoms with Crippen molar-refractivity contribution in [1.29, 1.82) is 0 Å². The molecule has 0 aliphatic rings. The zero-order chi connectivity index (χ0) is 22.0. The second-order valence-electron chi connectivity index (χ2n) is 6.54. The highest BCUT2D eigenvalue weighted by atomic mass is 35.5. The molecule has 160 valence electrons. The fourth-order valence-corrected chi connectivity index (χ4v) is 3.95. The number of nitrogens with one attached hydrogen (secondary N) is 1. The quantitative estimate of drug-likeness (QED) is 0.467. The third-order valence-corrected chi connectivity index (χ3v) is 5.47. The Morgan fingerprint density at radius 1 is 1.29 bits per heavy atom. The van der Waals surface area contributed by atoms with Gasteiger partial charge in [-0.15, -0.1) is 21.5 Å². The number of aromatic nitrogens is 5. The Kier molecular flexibility index (Phi) is 5.88. The predicted octanol–water partition coefficient (Wildman–Crippen LogP) is 3.82. The van der Waals surface area contributed by atoms with Crippen LogP contribution in [0.25, 0.3) is 16.2 Å². The third-order valence-electron chi connectivity index (χ3n) is 4.32. The molecular formula is C19H14ClF3N6OS. The van der Waals surface area contributed by atoms with E-state index in [-0.39, 0.29) is 41.8 Å². The zero-order valence-corrected chi connectivity index (χ0v) is 17.3. The number of carbonyl (C=O) groups excluding carboxylic acids is 1. The second kappa shape index (κ2) is 8.60. The molecule has 0 aliphatic carbocycles. The number of halogens is 4. The van der Waals surface area contributed by atoms with E-state index in [1.54, 1.807) is 17.8 Å². The highest BCUT2D eigenvalue weighted by Gasteiger charge is 2.35. The Morgan fingerprint density at radius 2 is 2.13 bits per heavy atom. The minimum atomic E-state index is -4.60. The molecular weight excluding hydrogens is 453 g/mol. The molecule has 4 heterocycles. The van der Waals surface area contributed by atoms with Gasteiger partial charge in [0.1, 0.15) is 16.4 Å². The lowest BCUT2D eigenvalue weighted by Gasteiger charge is -2.09. The summed E-state index contributed by atoms with van der Waals surface area (Å²) in [5, 5.41) is 12.6. The number of carbonyl (C=O) groups is 1. The smallest absolute Gasteiger partial charge is 0.355 e. The average Bonchev–Trinajstić information content (AvgIpc) is 3.35. The number of alkyl halides is 3. The highest BCUT2D eigenvalue weighted by Crippen LogP contribution is 2.33. The molecule has 0 atom stereocenters. The van der Waals surface area contributed by atoms with Crippen LogP contribution in [-0.4, -0.2) is 37.0 Å². The van der Waals surface area contributed by atoms with Crippen LogP contribution in [0.5, 0.6) is 0 Å². The Bertz CT molecular complexity index is 1220. The standard InChI is InChI=1S/C19H14ClF3N6OS/c20-12-6-14(19(21,22)23)17-28-27-15(29(17)9-12)3-5-25-16(30)7-13-10-31-18(26-13)11-2-1-4-24-8-11/h1-2,4,6,8-10H,3,5,7H2,(H,25,30). The van der Waals surface area contributed by atoms with Crippen LogP contribution in [0, 0.1) is 0 Å². The lowest BCUT2D eigenvalue weighted by molar-refractivity contribution is -0.136. The largest absolute Gasteiger partial charge is 0.420 e. The van der Waals surface area contributed by atoms with Gasteiger partial charge in [0.25, 0.3) is 0 Å². The van der Waals surface area contributed by atoms with Crippen molar-refractivity contribution in [3.63, 3.8) is 0 Å². The van der Waals surface area contributed by atoms with E-state index in [4.69, 9.17) is 11.6 Å². The summed E-state index contributed by atoms with van der Waals surface area (Å²) >= 11 is 7.24. The molecule has 7 nitrogen and oxygen atoms in total. The highest BCUT2D eigenvalue weighted by molar-refractivity contribution is 7.13. The van der Waals surface area contributed by atoms with Gasteiger partial charge in [-0.1, -0.05) is 11.6 Å². The molecule has 1 amide bonds. The maximum atomic E-state index is 13.2. The van der Waals surface area contributed by atoms with Gasteiger partial charge in [0.2, 0.25) is 5.91 Å². The molecule has 4 rings (SSSR count). The number of hydrogen-bond donors (Lipinski definition) is 1. The molecule has 0 saturated heterocycles. The van der Waals surface area contributed by atoms with Gasteiger partial charge in [0, 0.05) is 42.5 Å². The maximum absolute atomic E-state index is 13.2. The molecule has 1 N–H and O–H groups in total. The van der Waals surface area contributed by atoms with Crippen molar-refractivity contribution >= 4 is 34.5 Å². The monoisotopic (exact) mass is 466 g/mol. The summed E-state index contributed by atoms with van der Waals surface area (Å²) < 4.78 is 40.7. The lowest BCUT2D eigenvalue weighted by Crippen LogP contribution is -2.27. The minimum absolute atomic E-state index is 0.0847. The van der Waals surface area contributed by atoms with E-state index in [0.717, 1.165) is 16.6 Å². The van der Waals surface area contributed by atoms with Gasteiger partial charge >= 0.3 is 6.18 Å². The molecule has 0 radical (unpaired) electrons. The summed E-state index contributed by atoms with van der Waals surface area (Å²) in [6.45, 7) is 0.174. The van der Waals surface area contributed by atoms with E-state index in [9.17, 15) is 18.0 Å². The molecule has 0 unspecified atom stereocenters. The van der Waals surface area contributed by atoms with Crippen molar-refractivity contribution in [1.82, 2.24) is 29.9 Å². The fraction of sp³-hybridized carbons (Fsp3) is 0.211. The molecule has 0 aliphatic heterocycles. The van der Waals surface area contributed by atoms with Gasteiger partial charge in [-0.25, -0.2) is 4.98 Å². The van der Waals surface area contributed by atoms with Crippen molar-refractivity contribution in [2.45, 2.75) is 19.0 Å². The number of pyridine rings is 2. The van der Waals surface area contributed by atoms with E-state index in [2.05, 4.69) is 25.5 Å². The van der Waals surface area contributed by atoms with Crippen molar-refractivity contribution in [3.05, 3.63) is 64.3 Å². The van der Waals surface area contributed by atoms with Crippen LogP contribution < -0.4 is 5.32 Å². The molecule has 12 heteroatoms. The van der Waals surface area contributed by atoms with Gasteiger partial charge in [-0.05, 0) is 18.2 Å². The van der Waals surface area contributed by atoms with Crippen molar-refractivity contribution in [3.8, 4) is 10.6 Å². The number of amides is 1. The fourth-order valence-electron chi connectivity index (χ4n) is 2.94. The van der Waals surface area contributed by atoms with Crippen molar-refractivity contribution in [2.24, 2.45) is 0 Å². The van der Waals surface area contributed by atoms with Crippen LogP contribution in [0.1, 0.15) is 17.1 Å². The molecule has 0 bridgehead atoms. The van der Waals surface area contributed by atoms with Crippen LogP contribution in [-0.2, 0) is 23.8 Å². The Balaban J connectivity index is 1.38. The first-order chi connectivity index (χ1) is 14.8. The van der Waals surface area contributed by atoms with Crippen LogP contribution in [0.3, 0.4) is 0 Å². The van der Waals surface area contributed by atoms with Crippen LogP contribution in [0.15, 0.2) is 42.2 Å². The molecule has 31 heavy (non-hydrogen) atoms. The summed E-state index contributed by atoms with van der Waals surface area (Å²) in [4.78, 5) is 20.7. The number of rotatable bonds is 6. The molecule has 0 aromatic carbocycles. The van der Waals surface area contributed by atoms with E-state index < -0.39 is 11.7 Å². The van der Waals surface area contributed by atoms with Gasteiger partial charge in [0.15, 0.2) is 5.65 Å². The molecule has 4 aromatic rings. The van der Waals surface area contributed by atoms with E-state index in [1.165, 1.54) is 21.9 Å². The molecule has 4 aromatic heterocycles. The molecule has 0 saturated carbocycles. The number of fused-ring (bicyclic) bond motifs is 1. The van der Waals surface area contributed by atoms with Crippen molar-refractivity contribution in [2.75, 3.05) is 6.54 Å². The first-order valence-corrected chi connectivity index (χ1v) is 10.3. The first-order valence-electron chi connectivity index (χ1n) is 9.03. The summed E-state index contributed by atoms with van der Waals surface area (Å²) in [5.41, 5.74) is 0.199. The van der Waals surface area contributed by atoms with Gasteiger partial charge in [0.05, 0.1) is 17.1 Å². The van der Waals surface area contributed by atoms with E-state index in [0.29, 0.717) is 5.69 Å². The average molecular weight is 467 g/mol. The third kappa shape index (κ3) is 4.83. The summed E-state index contributed by atoms with van der Waals surface area (Å²) in [7, 11) is 0. The first kappa shape index (κ1) is 21.2. The minimum Gasteiger partial charge on any atom is -0.355 e. The van der Waals surface area contributed by atoms with Crippen LogP contribution in [0.4, 0.5) is 13.2 Å². The van der Waals surface area contributed by atoms with Gasteiger partial charge < -0.3 is 5.32 Å². The lowest BCUT2D eigenvalue weighted by atomic mass is 10.2. The van der Waals surface area contributed by atoms with E-state index >= 15 is 0 Å². The normalized spacial score (nSPS) is 11.7. The summed E-state index contributed by atoms with van der Waals surface area (Å²) in [6, 6.07) is 4.50. The second-order valence-corrected chi connectivity index (χ2v) is 7.84. The number of hydrogen-bond acceptors (Lipinski definition) is 6. The molecule has 0 spiro atoms. The van der Waals surface area contributed by atoms with Crippen LogP contribution in [0.2, 0.25) is 5.02 Å². The Morgan fingerprint density at radius 3 is 2.87 bits per heavy atom. The number of thiazole rings is 1. The Labute approximate surface area is 182 Å². The van der Waals surface area contributed by atoms with Gasteiger partial charge in [-0.2, -0.15) is 13.2 Å². The Hall–Kier alpha value is -3.05. The summed E-state index contributed by atoms with van der Waals surface area (Å²) in [5.74, 6) is 0.00157. The number of nitrogens with zero attached hydrogens (tertiary/aromatic N) is 5. The van der Waals surface area contributed by atoms with Crippen molar-refractivity contribution < 1.29 is 18.0 Å². The summed E-state index contributed by atoms with van der Waals surface area (Å²) in [6.07, 6.45) is 0.347. The maximum Gasteiger partial charge on any atom is 0.420 e. The van der Waals surface area contributed by atoms with Crippen LogP contribution >= 0.6 is 22.9 Å². The van der Waals surface area contributed by atoms with Gasteiger partial charge in [-0.3, -0.25) is 14.2 Å². The predicted molar refractivity (Wildman–Crippen MR) is 109 cm³/mol. The van der Waals surface area contributed by atoms with E-state index in [1.807, 2.05) is 12.1 Å².